The molecule has 20 heteroatoms. The maximum absolute atomic E-state index is 16.2. The average molecular weight is 862 g/mol. The highest BCUT2D eigenvalue weighted by molar-refractivity contribution is 7.91. The SMILES string of the molecule is CC[C@@H]1[C@@H]2CN(C(=O)[C@H](C(C)(C)C)NC(=O)O[C@@H]3C[C@H]3CC/C=C\C(F)(F)c3nc4ccc(C#N)cc4nc3O2)[C@@H]1C(=O)N[C@]1(C(=O)NS(=O)(=O)C2(C)CC2)C[C@H]1C(F)F. The predicted molar refractivity (Wildman–Crippen MR) is 205 cm³/mol. The number of amides is 4. The number of carbonyl (C=O) groups excluding carboxylic acids is 4. The molecule has 1 aromatic carbocycles. The zero-order valence-electron chi connectivity index (χ0n) is 33.6. The van der Waals surface area contributed by atoms with Gasteiger partial charge in [-0.05, 0) is 87.5 Å². The fraction of sp³-hybridized carbons (Fsp3) is 0.625. The minimum Gasteiger partial charge on any atom is -0.471 e. The van der Waals surface area contributed by atoms with Gasteiger partial charge in [0.1, 0.15) is 29.8 Å². The number of aromatic nitrogens is 2. The Morgan fingerprint density at radius 3 is 2.45 bits per heavy atom. The van der Waals surface area contributed by atoms with Crippen LogP contribution in [-0.4, -0.2) is 94.6 Å². The van der Waals surface area contributed by atoms with Gasteiger partial charge in [0.15, 0.2) is 5.69 Å². The largest absolute Gasteiger partial charge is 0.471 e. The maximum Gasteiger partial charge on any atom is 0.408 e. The van der Waals surface area contributed by atoms with Gasteiger partial charge in [-0.2, -0.15) is 14.0 Å². The molecule has 324 valence electrons. The van der Waals surface area contributed by atoms with E-state index in [1.54, 1.807) is 27.7 Å². The van der Waals surface area contributed by atoms with Crippen LogP contribution in [0.3, 0.4) is 0 Å². The molecule has 7 rings (SSSR count). The summed E-state index contributed by atoms with van der Waals surface area (Å²) in [4.78, 5) is 66.0. The Balaban J connectivity index is 1.31. The Hall–Kier alpha value is -5.06. The lowest BCUT2D eigenvalue weighted by atomic mass is 9.85. The summed E-state index contributed by atoms with van der Waals surface area (Å²) < 4.78 is 99.7. The number of nitrogens with one attached hydrogen (secondary N) is 3. The lowest BCUT2D eigenvalue weighted by Gasteiger charge is -2.36. The van der Waals surface area contributed by atoms with Gasteiger partial charge in [-0.25, -0.2) is 32.0 Å². The van der Waals surface area contributed by atoms with Gasteiger partial charge in [0.25, 0.3) is 5.91 Å². The highest BCUT2D eigenvalue weighted by atomic mass is 32.2. The average Bonchev–Trinajstić information content (AvgIpc) is 4.12. The number of hydrogen-bond acceptors (Lipinski definition) is 11. The van der Waals surface area contributed by atoms with E-state index in [4.69, 9.17) is 9.47 Å². The number of ether oxygens (including phenoxy) is 2. The number of hydrogen-bond donors (Lipinski definition) is 3. The van der Waals surface area contributed by atoms with E-state index in [0.717, 1.165) is 4.90 Å². The van der Waals surface area contributed by atoms with Crippen LogP contribution in [0.2, 0.25) is 0 Å². The highest BCUT2D eigenvalue weighted by Crippen LogP contribution is 2.50. The van der Waals surface area contributed by atoms with Crippen LogP contribution >= 0.6 is 0 Å². The van der Waals surface area contributed by atoms with Crippen LogP contribution in [0.15, 0.2) is 30.4 Å². The van der Waals surface area contributed by atoms with Gasteiger partial charge in [0.05, 0.1) is 39.9 Å². The number of nitriles is 1. The third kappa shape index (κ3) is 8.08. The van der Waals surface area contributed by atoms with Gasteiger partial charge in [0, 0.05) is 5.92 Å². The Labute approximate surface area is 344 Å². The zero-order valence-corrected chi connectivity index (χ0v) is 34.5. The first-order valence-electron chi connectivity index (χ1n) is 19.9. The number of nitrogens with zero attached hydrogens (tertiary/aromatic N) is 4. The van der Waals surface area contributed by atoms with Crippen molar-refractivity contribution in [2.45, 2.75) is 126 Å². The molecule has 3 aliphatic carbocycles. The molecule has 60 heavy (non-hydrogen) atoms. The van der Waals surface area contributed by atoms with E-state index >= 15 is 8.78 Å². The Morgan fingerprint density at radius 2 is 1.83 bits per heavy atom. The molecule has 3 N–H and O–H groups in total. The van der Waals surface area contributed by atoms with Crippen molar-refractivity contribution in [3.05, 3.63) is 41.6 Å². The Morgan fingerprint density at radius 1 is 1.12 bits per heavy atom. The summed E-state index contributed by atoms with van der Waals surface area (Å²) in [6.07, 6.45) is -3.04. The van der Waals surface area contributed by atoms with Crippen LogP contribution in [0.25, 0.3) is 11.0 Å². The fourth-order valence-corrected chi connectivity index (χ4v) is 9.43. The molecule has 15 nitrogen and oxygen atoms in total. The number of alkyl halides is 4. The first kappa shape index (κ1) is 43.0. The molecule has 3 heterocycles. The van der Waals surface area contributed by atoms with Gasteiger partial charge < -0.3 is 25.0 Å². The number of allylic oxidation sites excluding steroid dienone is 2. The highest BCUT2D eigenvalue weighted by Gasteiger charge is 2.68. The molecule has 2 aromatic rings. The summed E-state index contributed by atoms with van der Waals surface area (Å²) in [5.74, 6) is -10.7. The topological polar surface area (TPSA) is 210 Å². The summed E-state index contributed by atoms with van der Waals surface area (Å²) >= 11 is 0. The van der Waals surface area contributed by atoms with Crippen molar-refractivity contribution in [1.29, 1.82) is 5.26 Å². The third-order valence-corrected chi connectivity index (χ3v) is 14.5. The van der Waals surface area contributed by atoms with Crippen LogP contribution < -0.4 is 20.1 Å². The van der Waals surface area contributed by atoms with Crippen molar-refractivity contribution in [2.75, 3.05) is 6.54 Å². The van der Waals surface area contributed by atoms with Crippen LogP contribution in [-0.2, 0) is 35.1 Å². The maximum atomic E-state index is 16.2. The van der Waals surface area contributed by atoms with Crippen molar-refractivity contribution in [3.63, 3.8) is 0 Å². The second-order valence-corrected chi connectivity index (χ2v) is 20.0. The molecule has 8 atom stereocenters. The van der Waals surface area contributed by atoms with Crippen molar-refractivity contribution in [2.24, 2.45) is 23.2 Å². The van der Waals surface area contributed by atoms with Crippen molar-refractivity contribution in [3.8, 4) is 11.9 Å². The molecule has 4 fully saturated rings. The first-order chi connectivity index (χ1) is 28.0. The number of sulfonamides is 1. The molecule has 1 aromatic heterocycles. The molecular weight excluding hydrogens is 815 g/mol. The molecule has 1 saturated heterocycles. The lowest BCUT2D eigenvalue weighted by molar-refractivity contribution is -0.144. The van der Waals surface area contributed by atoms with Crippen molar-refractivity contribution in [1.82, 2.24) is 30.2 Å². The number of halogens is 4. The summed E-state index contributed by atoms with van der Waals surface area (Å²) in [6.45, 7) is 7.48. The monoisotopic (exact) mass is 861 g/mol. The number of rotatable bonds is 7. The van der Waals surface area contributed by atoms with Crippen molar-refractivity contribution >= 4 is 44.9 Å². The quantitative estimate of drug-likeness (QED) is 0.259. The normalized spacial score (nSPS) is 31.5. The summed E-state index contributed by atoms with van der Waals surface area (Å²) in [5.41, 5.74) is -4.08. The summed E-state index contributed by atoms with van der Waals surface area (Å²) in [7, 11) is -4.33. The first-order valence-corrected chi connectivity index (χ1v) is 21.4. The molecule has 3 saturated carbocycles. The Bertz CT molecular complexity index is 2300. The second kappa shape index (κ2) is 15.1. The molecule has 0 unspecified atom stereocenters. The molecule has 4 amide bonds. The van der Waals surface area contributed by atoms with E-state index in [0.29, 0.717) is 18.9 Å². The van der Waals surface area contributed by atoms with Gasteiger partial charge in [-0.1, -0.05) is 33.8 Å². The smallest absolute Gasteiger partial charge is 0.408 e. The Kier molecular flexibility index (Phi) is 10.9. The van der Waals surface area contributed by atoms with Crippen LogP contribution in [0.5, 0.6) is 5.88 Å². The van der Waals surface area contributed by atoms with E-state index in [1.165, 1.54) is 31.2 Å². The lowest BCUT2D eigenvalue weighted by Crippen LogP contribution is -2.61. The van der Waals surface area contributed by atoms with Crippen LogP contribution in [0.1, 0.15) is 90.8 Å². The molecule has 2 aliphatic heterocycles. The van der Waals surface area contributed by atoms with E-state index in [1.807, 2.05) is 10.8 Å². The van der Waals surface area contributed by atoms with Gasteiger partial charge >= 0.3 is 12.0 Å². The van der Waals surface area contributed by atoms with Gasteiger partial charge in [-0.3, -0.25) is 19.1 Å². The fourth-order valence-electron chi connectivity index (χ4n) is 8.12. The van der Waals surface area contributed by atoms with Gasteiger partial charge in [-0.15, -0.1) is 0 Å². The van der Waals surface area contributed by atoms with E-state index < -0.39 is 123 Å². The van der Waals surface area contributed by atoms with E-state index in [9.17, 15) is 41.6 Å². The molecule has 5 aliphatic rings. The van der Waals surface area contributed by atoms with E-state index in [2.05, 4.69) is 20.6 Å². The predicted octanol–water partition coefficient (Wildman–Crippen LogP) is 4.60. The molecule has 0 radical (unpaired) electrons. The van der Waals surface area contributed by atoms with E-state index in [-0.39, 0.29) is 48.2 Å². The standard InChI is InChI=1S/C40H47F4N7O8S/c1-6-22-27-19-51(28(22)32(52)49-39(17-23(39)31(41)42)35(54)50-60(56,57)38(5)13-14-38)34(53)30(37(2,3)4)48-36(55)59-26-16-21(26)9-7-8-12-40(43,44)29-33(58-27)47-25-15-20(18-45)10-11-24(25)46-29/h8,10-12,15,21-23,26-28,30-31H,6-7,9,13-14,16-17,19H2,1-5H3,(H,48,55)(H,49,52)(H,50,54)/b12-8-/t21-,22-,23+,26-,27+,28+,30-,39-/m1/s1. The number of fused-ring (bicyclic) bond motifs is 5. The zero-order chi connectivity index (χ0) is 43.7. The number of benzene rings is 1. The minimum atomic E-state index is -4.33. The summed E-state index contributed by atoms with van der Waals surface area (Å²) in [6, 6.07) is 3.04. The summed E-state index contributed by atoms with van der Waals surface area (Å²) in [5, 5.41) is 14.5. The molecule has 0 spiro atoms. The van der Waals surface area contributed by atoms with Crippen LogP contribution in [0, 0.1) is 34.5 Å². The third-order valence-electron chi connectivity index (χ3n) is 12.4. The molecular formula is C40H47F4N7O8S. The molecule has 2 bridgehead atoms. The number of carbonyl (C=O) groups is 4. The number of alkyl carbamates (subject to hydrolysis) is 1. The van der Waals surface area contributed by atoms with Crippen LogP contribution in [0.4, 0.5) is 22.4 Å². The second-order valence-electron chi connectivity index (χ2n) is 17.8. The minimum absolute atomic E-state index is 0.0146. The van der Waals surface area contributed by atoms with Crippen molar-refractivity contribution < 1.29 is 54.6 Å². The van der Waals surface area contributed by atoms with Gasteiger partial charge in [0.2, 0.25) is 34.1 Å².